The van der Waals surface area contributed by atoms with E-state index >= 15 is 0 Å². The highest BCUT2D eigenvalue weighted by molar-refractivity contribution is 5.98. The van der Waals surface area contributed by atoms with Gasteiger partial charge in [0.25, 0.3) is 0 Å². The van der Waals surface area contributed by atoms with Crippen LogP contribution in [0.2, 0.25) is 0 Å². The predicted octanol–water partition coefficient (Wildman–Crippen LogP) is 3.82. The Morgan fingerprint density at radius 3 is 2.68 bits per heavy atom. The molecular weight excluding hydrogens is 240 g/mol. The molecule has 1 aliphatic heterocycles. The van der Waals surface area contributed by atoms with Crippen molar-refractivity contribution in [2.45, 2.75) is 59.0 Å². The van der Waals surface area contributed by atoms with Crippen molar-refractivity contribution in [2.75, 3.05) is 0 Å². The van der Waals surface area contributed by atoms with E-state index < -0.39 is 0 Å². The van der Waals surface area contributed by atoms with Crippen molar-refractivity contribution in [2.24, 2.45) is 0 Å². The van der Waals surface area contributed by atoms with Crippen LogP contribution in [-0.2, 0) is 6.42 Å². The molecule has 0 spiro atoms. The van der Waals surface area contributed by atoms with Crippen molar-refractivity contribution in [3.05, 3.63) is 22.8 Å². The number of hydrogen-bond acceptors (Lipinski definition) is 3. The van der Waals surface area contributed by atoms with Gasteiger partial charge in [-0.2, -0.15) is 0 Å². The third-order valence-corrected chi connectivity index (χ3v) is 3.82. The quantitative estimate of drug-likeness (QED) is 0.824. The Morgan fingerprint density at radius 1 is 1.53 bits per heavy atom. The highest BCUT2D eigenvalue weighted by Crippen LogP contribution is 2.46. The van der Waals surface area contributed by atoms with Gasteiger partial charge in [-0.1, -0.05) is 13.8 Å². The van der Waals surface area contributed by atoms with Gasteiger partial charge in [0.15, 0.2) is 5.78 Å². The Morgan fingerprint density at radius 2 is 2.16 bits per heavy atom. The molecule has 3 heteroatoms. The molecule has 1 N–H and O–H groups in total. The number of Topliss-reactive ketones (excluding diaryl/α,β-unsaturated/α-hetero) is 1. The second kappa shape index (κ2) is 4.55. The first-order valence-corrected chi connectivity index (χ1v) is 6.85. The second-order valence-corrected chi connectivity index (χ2v) is 6.05. The first-order chi connectivity index (χ1) is 8.76. The Balaban J connectivity index is 2.70. The molecule has 1 unspecified atom stereocenters. The first-order valence-electron chi connectivity index (χ1n) is 6.85. The Bertz CT molecular complexity index is 529. The molecule has 0 amide bonds. The van der Waals surface area contributed by atoms with Gasteiger partial charge in [0.2, 0.25) is 0 Å². The summed E-state index contributed by atoms with van der Waals surface area (Å²) in [5.74, 6) is 1.07. The first kappa shape index (κ1) is 13.9. The second-order valence-electron chi connectivity index (χ2n) is 6.05. The molecule has 0 aliphatic carbocycles. The molecule has 19 heavy (non-hydrogen) atoms. The number of fused-ring (bicyclic) bond motifs is 1. The number of ether oxygens (including phenoxy) is 1. The molecular formula is C16H22O3. The Labute approximate surface area is 114 Å². The lowest BCUT2D eigenvalue weighted by atomic mass is 9.82. The maximum absolute atomic E-state index is 11.7. The van der Waals surface area contributed by atoms with E-state index in [2.05, 4.69) is 20.8 Å². The fourth-order valence-electron chi connectivity index (χ4n) is 2.98. The monoisotopic (exact) mass is 262 g/mol. The number of carbonyl (C=O) groups is 1. The molecule has 3 nitrogen and oxygen atoms in total. The van der Waals surface area contributed by atoms with Gasteiger partial charge in [0.05, 0.1) is 5.56 Å². The minimum absolute atomic E-state index is 0.0821. The van der Waals surface area contributed by atoms with Crippen molar-refractivity contribution in [3.8, 4) is 11.5 Å². The van der Waals surface area contributed by atoms with Gasteiger partial charge in [-0.3, -0.25) is 4.79 Å². The number of hydrogen-bond donors (Lipinski definition) is 1. The number of carbonyl (C=O) groups excluding carboxylic acids is 1. The smallest absolute Gasteiger partial charge is 0.163 e. The molecule has 1 heterocycles. The van der Waals surface area contributed by atoms with Gasteiger partial charge in [-0.15, -0.1) is 0 Å². The van der Waals surface area contributed by atoms with Gasteiger partial charge in [0.1, 0.15) is 17.1 Å². The molecule has 0 radical (unpaired) electrons. The van der Waals surface area contributed by atoms with E-state index in [1.807, 2.05) is 6.92 Å². The van der Waals surface area contributed by atoms with E-state index in [9.17, 15) is 9.90 Å². The van der Waals surface area contributed by atoms with E-state index in [-0.39, 0.29) is 17.1 Å². The van der Waals surface area contributed by atoms with Gasteiger partial charge in [0, 0.05) is 5.56 Å². The number of aromatic hydroxyl groups is 1. The van der Waals surface area contributed by atoms with Crippen LogP contribution in [0.25, 0.3) is 0 Å². The van der Waals surface area contributed by atoms with Gasteiger partial charge < -0.3 is 9.84 Å². The maximum Gasteiger partial charge on any atom is 0.163 e. The molecule has 0 bridgehead atoms. The Kier molecular flexibility index (Phi) is 3.33. The highest BCUT2D eigenvalue weighted by atomic mass is 16.5. The molecule has 1 atom stereocenters. The van der Waals surface area contributed by atoms with E-state index in [4.69, 9.17) is 4.74 Å². The minimum Gasteiger partial charge on any atom is -0.507 e. The summed E-state index contributed by atoms with van der Waals surface area (Å²) in [7, 11) is 0. The maximum atomic E-state index is 11.7. The average Bonchev–Trinajstić information content (AvgIpc) is 2.26. The molecule has 1 aromatic carbocycles. The fourth-order valence-corrected chi connectivity index (χ4v) is 2.98. The predicted molar refractivity (Wildman–Crippen MR) is 75.2 cm³/mol. The normalized spacial score (nSPS) is 20.6. The summed E-state index contributed by atoms with van der Waals surface area (Å²) in [5, 5.41) is 10.3. The molecule has 0 saturated carbocycles. The third kappa shape index (κ3) is 2.34. The van der Waals surface area contributed by atoms with Crippen molar-refractivity contribution in [1.29, 1.82) is 0 Å². The number of rotatable bonds is 2. The zero-order valence-electron chi connectivity index (χ0n) is 12.3. The molecule has 1 aromatic rings. The van der Waals surface area contributed by atoms with Crippen LogP contribution in [0.15, 0.2) is 6.07 Å². The van der Waals surface area contributed by atoms with E-state index in [0.717, 1.165) is 23.3 Å². The van der Waals surface area contributed by atoms with Gasteiger partial charge in [-0.05, 0) is 51.2 Å². The lowest BCUT2D eigenvalue weighted by Gasteiger charge is -2.38. The number of benzene rings is 1. The Hall–Kier alpha value is -1.51. The minimum atomic E-state index is -0.236. The SMILES string of the molecule is CCc1c(O)c(C(C)=O)cc2c1OC(C)(C)CC2C. The van der Waals surface area contributed by atoms with Crippen molar-refractivity contribution in [3.63, 3.8) is 0 Å². The van der Waals surface area contributed by atoms with Crippen LogP contribution in [-0.4, -0.2) is 16.5 Å². The van der Waals surface area contributed by atoms with Crippen molar-refractivity contribution >= 4 is 5.78 Å². The summed E-state index contributed by atoms with van der Waals surface area (Å²) in [6, 6.07) is 1.80. The van der Waals surface area contributed by atoms with Crippen LogP contribution in [0, 0.1) is 0 Å². The summed E-state index contributed by atoms with van der Waals surface area (Å²) < 4.78 is 6.06. The number of ketones is 1. The molecule has 0 aromatic heterocycles. The average molecular weight is 262 g/mol. The standard InChI is InChI=1S/C16H22O3/c1-6-11-14(18)13(10(3)17)7-12-9(2)8-16(4,5)19-15(11)12/h7,9,18H,6,8H2,1-5H3. The molecule has 0 saturated heterocycles. The fraction of sp³-hybridized carbons (Fsp3) is 0.562. The lowest BCUT2D eigenvalue weighted by molar-refractivity contribution is 0.0729. The molecule has 104 valence electrons. The van der Waals surface area contributed by atoms with E-state index in [0.29, 0.717) is 17.9 Å². The summed E-state index contributed by atoms with van der Waals surface area (Å²) in [6.07, 6.45) is 1.56. The summed E-state index contributed by atoms with van der Waals surface area (Å²) in [6.45, 7) is 9.71. The van der Waals surface area contributed by atoms with Gasteiger partial charge >= 0.3 is 0 Å². The van der Waals surface area contributed by atoms with Crippen molar-refractivity contribution in [1.82, 2.24) is 0 Å². The molecule has 1 aliphatic rings. The molecule has 2 rings (SSSR count). The number of phenolic OH excluding ortho intramolecular Hbond substituents is 1. The van der Waals surface area contributed by atoms with Crippen LogP contribution in [0.5, 0.6) is 11.5 Å². The summed E-state index contributed by atoms with van der Waals surface area (Å²) in [4.78, 5) is 11.7. The summed E-state index contributed by atoms with van der Waals surface area (Å²) in [5.41, 5.74) is 1.97. The zero-order chi connectivity index (χ0) is 14.4. The van der Waals surface area contributed by atoms with E-state index in [1.165, 1.54) is 6.92 Å². The zero-order valence-corrected chi connectivity index (χ0v) is 12.3. The van der Waals surface area contributed by atoms with Crippen molar-refractivity contribution < 1.29 is 14.6 Å². The van der Waals surface area contributed by atoms with Crippen LogP contribution in [0.4, 0.5) is 0 Å². The van der Waals surface area contributed by atoms with Crippen LogP contribution in [0.3, 0.4) is 0 Å². The van der Waals surface area contributed by atoms with E-state index in [1.54, 1.807) is 6.07 Å². The molecule has 0 fully saturated rings. The van der Waals surface area contributed by atoms with Crippen LogP contribution < -0.4 is 4.74 Å². The highest BCUT2D eigenvalue weighted by Gasteiger charge is 2.34. The van der Waals surface area contributed by atoms with Crippen LogP contribution >= 0.6 is 0 Å². The number of phenols is 1. The largest absolute Gasteiger partial charge is 0.507 e. The summed E-state index contributed by atoms with van der Waals surface area (Å²) >= 11 is 0. The van der Waals surface area contributed by atoms with Crippen LogP contribution in [0.1, 0.15) is 68.4 Å². The third-order valence-electron chi connectivity index (χ3n) is 3.82. The lowest BCUT2D eigenvalue weighted by Crippen LogP contribution is -2.34. The van der Waals surface area contributed by atoms with Gasteiger partial charge in [-0.25, -0.2) is 0 Å². The topological polar surface area (TPSA) is 46.5 Å².